The highest BCUT2D eigenvalue weighted by molar-refractivity contribution is 7.91. The molecule has 8 heteroatoms. The summed E-state index contributed by atoms with van der Waals surface area (Å²) in [5.41, 5.74) is 5.77. The lowest BCUT2D eigenvalue weighted by atomic mass is 10.3. The van der Waals surface area contributed by atoms with E-state index in [1.807, 2.05) is 6.92 Å². The molecular weight excluding hydrogens is 284 g/mol. The van der Waals surface area contributed by atoms with Crippen LogP contribution in [0.4, 0.5) is 10.8 Å². The number of hydrogen-bond acceptors (Lipinski definition) is 7. The largest absolute Gasteiger partial charge is 0.382 e. The minimum atomic E-state index is -3.32. The molecule has 0 aliphatic carbocycles. The van der Waals surface area contributed by atoms with Gasteiger partial charge in [0, 0.05) is 26.2 Å². The molecule has 1 aliphatic heterocycles. The number of anilines is 2. The van der Waals surface area contributed by atoms with Crippen LogP contribution in [0.1, 0.15) is 13.3 Å². The summed E-state index contributed by atoms with van der Waals surface area (Å²) in [6.45, 7) is 5.32. The first-order valence-electron chi connectivity index (χ1n) is 6.37. The molecular formula is C11H20N4O2S2. The summed E-state index contributed by atoms with van der Waals surface area (Å²) in [6.07, 6.45) is 0.583. The molecule has 1 aromatic heterocycles. The number of nitrogens with two attached hydrogens (primary N) is 1. The van der Waals surface area contributed by atoms with Crippen LogP contribution in [0.2, 0.25) is 0 Å². The van der Waals surface area contributed by atoms with Crippen molar-refractivity contribution in [2.75, 3.05) is 49.6 Å². The molecule has 0 bridgehead atoms. The van der Waals surface area contributed by atoms with Gasteiger partial charge in [-0.2, -0.15) is 4.37 Å². The summed E-state index contributed by atoms with van der Waals surface area (Å²) >= 11 is 1.19. The molecule has 108 valence electrons. The van der Waals surface area contributed by atoms with Gasteiger partial charge in [-0.1, -0.05) is 6.92 Å². The molecule has 1 aliphatic rings. The van der Waals surface area contributed by atoms with E-state index in [1.54, 1.807) is 0 Å². The molecule has 2 rings (SSSR count). The number of nitrogen functional groups attached to an aromatic ring is 1. The Hall–Kier alpha value is -0.860. The summed E-state index contributed by atoms with van der Waals surface area (Å²) in [7, 11) is -1.26. The Morgan fingerprint density at radius 3 is 2.53 bits per heavy atom. The Morgan fingerprint density at radius 2 is 1.95 bits per heavy atom. The number of aromatic nitrogens is 1. The summed E-state index contributed by atoms with van der Waals surface area (Å²) in [5.74, 6) is 0.267. The van der Waals surface area contributed by atoms with E-state index in [0.29, 0.717) is 11.4 Å². The topological polar surface area (TPSA) is 79.5 Å². The molecule has 0 amide bonds. The first kappa shape index (κ1) is 14.5. The third-order valence-corrected chi connectivity index (χ3v) is 6.25. The monoisotopic (exact) mass is 304 g/mol. The van der Waals surface area contributed by atoms with Crippen LogP contribution < -0.4 is 10.6 Å². The summed E-state index contributed by atoms with van der Waals surface area (Å²) in [5, 5.41) is 0.707. The molecule has 0 unspecified atom stereocenters. The van der Waals surface area contributed by atoms with E-state index in [-0.39, 0.29) is 16.5 Å². The van der Waals surface area contributed by atoms with E-state index >= 15 is 0 Å². The van der Waals surface area contributed by atoms with E-state index in [2.05, 4.69) is 21.2 Å². The number of hydrogen-bond donors (Lipinski definition) is 1. The Kier molecular flexibility index (Phi) is 4.32. The zero-order chi connectivity index (χ0) is 14.0. The quantitative estimate of drug-likeness (QED) is 0.880. The maximum absolute atomic E-state index is 12.3. The second-order valence-corrected chi connectivity index (χ2v) is 7.61. The Balaban J connectivity index is 2.33. The van der Waals surface area contributed by atoms with Crippen molar-refractivity contribution < 1.29 is 8.42 Å². The summed E-state index contributed by atoms with van der Waals surface area (Å²) in [4.78, 5) is 4.54. The van der Waals surface area contributed by atoms with Crippen LogP contribution in [-0.2, 0) is 9.84 Å². The van der Waals surface area contributed by atoms with Crippen molar-refractivity contribution in [3.63, 3.8) is 0 Å². The molecule has 1 aromatic rings. The maximum atomic E-state index is 12.3. The minimum absolute atomic E-state index is 0.121. The fourth-order valence-electron chi connectivity index (χ4n) is 2.16. The smallest absolute Gasteiger partial charge is 0.185 e. The highest BCUT2D eigenvalue weighted by Gasteiger charge is 2.29. The lowest BCUT2D eigenvalue weighted by Crippen LogP contribution is -2.44. The van der Waals surface area contributed by atoms with Crippen LogP contribution in [-0.4, -0.2) is 56.7 Å². The van der Waals surface area contributed by atoms with E-state index in [9.17, 15) is 8.42 Å². The lowest BCUT2D eigenvalue weighted by molar-refractivity contribution is 0.313. The van der Waals surface area contributed by atoms with Gasteiger partial charge in [0.1, 0.15) is 9.90 Å². The molecule has 0 saturated carbocycles. The molecule has 19 heavy (non-hydrogen) atoms. The third-order valence-electron chi connectivity index (χ3n) is 3.23. The van der Waals surface area contributed by atoms with Crippen molar-refractivity contribution in [2.45, 2.75) is 18.2 Å². The van der Waals surface area contributed by atoms with Gasteiger partial charge in [0.25, 0.3) is 0 Å². The van der Waals surface area contributed by atoms with E-state index in [4.69, 9.17) is 5.73 Å². The highest BCUT2D eigenvalue weighted by Crippen LogP contribution is 2.35. The second kappa shape index (κ2) is 5.64. The van der Waals surface area contributed by atoms with E-state index in [1.165, 1.54) is 11.5 Å². The fraction of sp³-hybridized carbons (Fsp3) is 0.727. The van der Waals surface area contributed by atoms with Gasteiger partial charge in [-0.05, 0) is 25.0 Å². The molecule has 0 atom stereocenters. The predicted octanol–water partition coefficient (Wildman–Crippen LogP) is 0.661. The van der Waals surface area contributed by atoms with Crippen molar-refractivity contribution >= 4 is 32.2 Å². The maximum Gasteiger partial charge on any atom is 0.185 e. The number of piperazine rings is 1. The normalized spacial score (nSPS) is 17.9. The van der Waals surface area contributed by atoms with Crippen molar-refractivity contribution in [3.8, 4) is 0 Å². The van der Waals surface area contributed by atoms with Crippen molar-refractivity contribution in [1.29, 1.82) is 0 Å². The van der Waals surface area contributed by atoms with Crippen LogP contribution in [0, 0.1) is 0 Å². The van der Waals surface area contributed by atoms with Crippen molar-refractivity contribution in [3.05, 3.63) is 0 Å². The first-order valence-corrected chi connectivity index (χ1v) is 8.79. The van der Waals surface area contributed by atoms with Crippen LogP contribution in [0.5, 0.6) is 0 Å². The molecule has 0 spiro atoms. The summed E-state index contributed by atoms with van der Waals surface area (Å²) < 4.78 is 28.6. The molecule has 6 nitrogen and oxygen atoms in total. The lowest BCUT2D eigenvalue weighted by Gasteiger charge is -2.33. The number of likely N-dealkylation sites (N-methyl/N-ethyl adjacent to an activating group) is 1. The Morgan fingerprint density at radius 1 is 1.32 bits per heavy atom. The van der Waals surface area contributed by atoms with Crippen molar-refractivity contribution in [2.24, 2.45) is 0 Å². The second-order valence-electron chi connectivity index (χ2n) is 4.81. The Bertz CT molecular complexity index is 533. The fourth-order valence-corrected chi connectivity index (χ4v) is 4.97. The SMILES string of the molecule is CCCS(=O)(=O)c1c(N)nsc1N1CCN(C)CC1. The van der Waals surface area contributed by atoms with Crippen LogP contribution in [0.15, 0.2) is 4.90 Å². The van der Waals surface area contributed by atoms with Gasteiger partial charge in [-0.15, -0.1) is 0 Å². The molecule has 2 N–H and O–H groups in total. The average molecular weight is 304 g/mol. The highest BCUT2D eigenvalue weighted by atomic mass is 32.2. The van der Waals surface area contributed by atoms with E-state index < -0.39 is 9.84 Å². The molecule has 1 saturated heterocycles. The van der Waals surface area contributed by atoms with Gasteiger partial charge in [-0.25, -0.2) is 8.42 Å². The minimum Gasteiger partial charge on any atom is -0.382 e. The zero-order valence-corrected chi connectivity index (χ0v) is 12.9. The molecule has 0 radical (unpaired) electrons. The number of sulfone groups is 1. The van der Waals surface area contributed by atoms with Gasteiger partial charge < -0.3 is 15.5 Å². The van der Waals surface area contributed by atoms with Gasteiger partial charge in [-0.3, -0.25) is 0 Å². The average Bonchev–Trinajstić information content (AvgIpc) is 2.73. The molecule has 0 aromatic carbocycles. The first-order chi connectivity index (χ1) is 8.95. The van der Waals surface area contributed by atoms with Crippen LogP contribution in [0.25, 0.3) is 0 Å². The molecule has 2 heterocycles. The van der Waals surface area contributed by atoms with Gasteiger partial charge in [0.2, 0.25) is 0 Å². The van der Waals surface area contributed by atoms with Gasteiger partial charge in [0.05, 0.1) is 5.75 Å². The van der Waals surface area contributed by atoms with Gasteiger partial charge in [0.15, 0.2) is 15.7 Å². The predicted molar refractivity (Wildman–Crippen MR) is 78.6 cm³/mol. The number of rotatable bonds is 4. The molecule has 1 fully saturated rings. The Labute approximate surface area is 118 Å². The van der Waals surface area contributed by atoms with Crippen molar-refractivity contribution in [1.82, 2.24) is 9.27 Å². The standard InChI is InChI=1S/C11H20N4O2S2/c1-3-8-19(16,17)9-10(12)13-18-11(9)15-6-4-14(2)5-7-15/h3-8H2,1-2H3,(H2,12,13). The van der Waals surface area contributed by atoms with Crippen LogP contribution in [0.3, 0.4) is 0 Å². The number of nitrogens with zero attached hydrogens (tertiary/aromatic N) is 3. The summed E-state index contributed by atoms with van der Waals surface area (Å²) in [6, 6.07) is 0. The van der Waals surface area contributed by atoms with E-state index in [0.717, 1.165) is 26.2 Å². The third kappa shape index (κ3) is 3.01. The van der Waals surface area contributed by atoms with Gasteiger partial charge >= 0.3 is 0 Å². The zero-order valence-electron chi connectivity index (χ0n) is 11.3. The van der Waals surface area contributed by atoms with Crippen LogP contribution >= 0.6 is 11.5 Å².